The maximum Gasteiger partial charge on any atom is 0.368 e. The normalized spacial score (nSPS) is 10.8. The zero-order chi connectivity index (χ0) is 17.3. The van der Waals surface area contributed by atoms with E-state index in [0.29, 0.717) is 15.9 Å². The first kappa shape index (κ1) is 16.3. The molecule has 0 saturated heterocycles. The number of aromatic nitrogens is 4. The predicted octanol–water partition coefficient (Wildman–Crippen LogP) is 2.32. The van der Waals surface area contributed by atoms with Crippen molar-refractivity contribution in [3.8, 4) is 17.2 Å². The molecular weight excluding hydrogens is 376 g/mol. The number of nitrogens with zero attached hydrogens (tertiary/aromatic N) is 4. The van der Waals surface area contributed by atoms with Crippen molar-refractivity contribution < 1.29 is 9.84 Å². The Kier molecular flexibility index (Phi) is 4.39. The standard InChI is InChI=1S/C16H15BrN4O3/c1-10-4-3-5-14(21-16(23)20(2)18-19-21)12(10)9-24-15-7-6-11(22)8-13(15)17/h3-8,22H,9H2,1-2H3. The summed E-state index contributed by atoms with van der Waals surface area (Å²) in [5, 5.41) is 17.1. The molecule has 0 aliphatic rings. The van der Waals surface area contributed by atoms with Gasteiger partial charge < -0.3 is 9.84 Å². The Morgan fingerprint density at radius 3 is 2.71 bits per heavy atom. The number of benzene rings is 2. The molecule has 8 heteroatoms. The van der Waals surface area contributed by atoms with Crippen LogP contribution >= 0.6 is 15.9 Å². The first-order chi connectivity index (χ1) is 11.5. The second-order valence-corrected chi connectivity index (χ2v) is 6.13. The number of aryl methyl sites for hydroxylation is 2. The topological polar surface area (TPSA) is 82.2 Å². The number of aromatic hydroxyl groups is 1. The molecule has 0 aliphatic heterocycles. The minimum atomic E-state index is -0.326. The third-order valence-corrected chi connectivity index (χ3v) is 4.24. The van der Waals surface area contributed by atoms with Gasteiger partial charge in [-0.25, -0.2) is 4.79 Å². The van der Waals surface area contributed by atoms with Crippen LogP contribution in [0.3, 0.4) is 0 Å². The van der Waals surface area contributed by atoms with Gasteiger partial charge in [0.2, 0.25) is 0 Å². The number of ether oxygens (including phenoxy) is 1. The lowest BCUT2D eigenvalue weighted by atomic mass is 10.1. The van der Waals surface area contributed by atoms with Crippen LogP contribution in [0.2, 0.25) is 0 Å². The van der Waals surface area contributed by atoms with Crippen LogP contribution in [0.15, 0.2) is 45.7 Å². The smallest absolute Gasteiger partial charge is 0.368 e. The maximum atomic E-state index is 12.1. The zero-order valence-electron chi connectivity index (χ0n) is 13.1. The fourth-order valence-corrected chi connectivity index (χ4v) is 2.78. The van der Waals surface area contributed by atoms with Gasteiger partial charge in [-0.05, 0) is 63.1 Å². The Hall–Kier alpha value is -2.61. The van der Waals surface area contributed by atoms with Gasteiger partial charge in [0.25, 0.3) is 0 Å². The van der Waals surface area contributed by atoms with Crippen molar-refractivity contribution >= 4 is 15.9 Å². The van der Waals surface area contributed by atoms with Crippen molar-refractivity contribution in [1.29, 1.82) is 0 Å². The number of hydrogen-bond acceptors (Lipinski definition) is 5. The summed E-state index contributed by atoms with van der Waals surface area (Å²) in [4.78, 5) is 12.1. The number of halogens is 1. The molecule has 0 radical (unpaired) electrons. The molecule has 0 amide bonds. The molecule has 1 N–H and O–H groups in total. The van der Waals surface area contributed by atoms with Crippen LogP contribution in [0.25, 0.3) is 5.69 Å². The molecule has 3 aromatic rings. The number of phenols is 1. The van der Waals surface area contributed by atoms with Crippen molar-refractivity contribution in [3.05, 3.63) is 62.5 Å². The Morgan fingerprint density at radius 2 is 2.04 bits per heavy atom. The first-order valence-electron chi connectivity index (χ1n) is 7.16. The molecule has 2 aromatic carbocycles. The highest BCUT2D eigenvalue weighted by atomic mass is 79.9. The lowest BCUT2D eigenvalue weighted by molar-refractivity contribution is 0.302. The Bertz CT molecular complexity index is 949. The third kappa shape index (κ3) is 3.05. The van der Waals surface area contributed by atoms with E-state index >= 15 is 0 Å². The molecule has 0 atom stereocenters. The molecular formula is C16H15BrN4O3. The molecule has 3 rings (SSSR count). The maximum absolute atomic E-state index is 12.1. The van der Waals surface area contributed by atoms with E-state index in [4.69, 9.17) is 4.74 Å². The van der Waals surface area contributed by atoms with Gasteiger partial charge in [-0.2, -0.15) is 9.36 Å². The number of hydrogen-bond donors (Lipinski definition) is 1. The number of tetrazole rings is 1. The van der Waals surface area contributed by atoms with Crippen LogP contribution < -0.4 is 10.4 Å². The largest absolute Gasteiger partial charge is 0.508 e. The number of rotatable bonds is 4. The van der Waals surface area contributed by atoms with E-state index in [9.17, 15) is 9.90 Å². The highest BCUT2D eigenvalue weighted by Gasteiger charge is 2.14. The molecule has 0 fully saturated rings. The first-order valence-corrected chi connectivity index (χ1v) is 7.96. The Morgan fingerprint density at radius 1 is 1.25 bits per heavy atom. The van der Waals surface area contributed by atoms with Gasteiger partial charge in [0, 0.05) is 12.6 Å². The van der Waals surface area contributed by atoms with Gasteiger partial charge in [-0.1, -0.05) is 12.1 Å². The Balaban J connectivity index is 1.96. The molecule has 24 heavy (non-hydrogen) atoms. The van der Waals surface area contributed by atoms with Crippen molar-refractivity contribution in [2.24, 2.45) is 7.05 Å². The Labute approximate surface area is 146 Å². The molecule has 7 nitrogen and oxygen atoms in total. The van der Waals surface area contributed by atoms with Crippen molar-refractivity contribution in [3.63, 3.8) is 0 Å². The van der Waals surface area contributed by atoms with Crippen LogP contribution in [-0.2, 0) is 13.7 Å². The fraction of sp³-hybridized carbons (Fsp3) is 0.188. The molecule has 0 saturated carbocycles. The highest BCUT2D eigenvalue weighted by molar-refractivity contribution is 9.10. The van der Waals surface area contributed by atoms with Crippen molar-refractivity contribution in [2.75, 3.05) is 0 Å². The lowest BCUT2D eigenvalue weighted by Gasteiger charge is -2.13. The molecule has 124 valence electrons. The lowest BCUT2D eigenvalue weighted by Crippen LogP contribution is -2.23. The summed E-state index contributed by atoms with van der Waals surface area (Å²) >= 11 is 3.35. The average molecular weight is 391 g/mol. The monoisotopic (exact) mass is 390 g/mol. The van der Waals surface area contributed by atoms with E-state index in [1.807, 2.05) is 19.1 Å². The van der Waals surface area contributed by atoms with Crippen molar-refractivity contribution in [2.45, 2.75) is 13.5 Å². The highest BCUT2D eigenvalue weighted by Crippen LogP contribution is 2.30. The van der Waals surface area contributed by atoms with Crippen LogP contribution in [0, 0.1) is 6.92 Å². The van der Waals surface area contributed by atoms with E-state index in [-0.39, 0.29) is 18.0 Å². The van der Waals surface area contributed by atoms with Gasteiger partial charge in [0.05, 0.1) is 10.2 Å². The number of phenolic OH excluding ortho intramolecular Hbond substituents is 1. The molecule has 1 heterocycles. The minimum absolute atomic E-state index is 0.150. The molecule has 0 bridgehead atoms. The van der Waals surface area contributed by atoms with Gasteiger partial charge in [0.15, 0.2) is 0 Å². The van der Waals surface area contributed by atoms with E-state index in [1.165, 1.54) is 9.36 Å². The van der Waals surface area contributed by atoms with Crippen LogP contribution in [0.4, 0.5) is 0 Å². The fourth-order valence-electron chi connectivity index (χ4n) is 2.29. The van der Waals surface area contributed by atoms with Gasteiger partial charge >= 0.3 is 5.69 Å². The van der Waals surface area contributed by atoms with Gasteiger partial charge in [-0.15, -0.1) is 0 Å². The summed E-state index contributed by atoms with van der Waals surface area (Å²) in [6.45, 7) is 2.18. The van der Waals surface area contributed by atoms with Crippen LogP contribution in [-0.4, -0.2) is 24.9 Å². The second kappa shape index (κ2) is 6.48. The van der Waals surface area contributed by atoms with Crippen LogP contribution in [0.1, 0.15) is 11.1 Å². The molecule has 0 spiro atoms. The van der Waals surface area contributed by atoms with Crippen molar-refractivity contribution in [1.82, 2.24) is 19.8 Å². The third-order valence-electron chi connectivity index (χ3n) is 3.62. The summed E-state index contributed by atoms with van der Waals surface area (Å²) < 4.78 is 8.90. The van der Waals surface area contributed by atoms with Gasteiger partial charge in [-0.3, -0.25) is 0 Å². The average Bonchev–Trinajstić information content (AvgIpc) is 2.87. The van der Waals surface area contributed by atoms with E-state index in [1.54, 1.807) is 31.3 Å². The zero-order valence-corrected chi connectivity index (χ0v) is 14.7. The second-order valence-electron chi connectivity index (χ2n) is 5.27. The van der Waals surface area contributed by atoms with E-state index < -0.39 is 0 Å². The molecule has 1 aromatic heterocycles. The van der Waals surface area contributed by atoms with E-state index in [0.717, 1.165) is 11.1 Å². The SMILES string of the molecule is Cc1cccc(-n2nnn(C)c2=O)c1COc1ccc(O)cc1Br. The minimum Gasteiger partial charge on any atom is -0.508 e. The summed E-state index contributed by atoms with van der Waals surface area (Å²) in [6, 6.07) is 10.4. The quantitative estimate of drug-likeness (QED) is 0.738. The van der Waals surface area contributed by atoms with Gasteiger partial charge in [0.1, 0.15) is 18.1 Å². The molecule has 0 aliphatic carbocycles. The summed E-state index contributed by atoms with van der Waals surface area (Å²) in [5.41, 5.74) is 2.11. The summed E-state index contributed by atoms with van der Waals surface area (Å²) in [7, 11) is 1.55. The van der Waals surface area contributed by atoms with E-state index in [2.05, 4.69) is 26.4 Å². The summed E-state index contributed by atoms with van der Waals surface area (Å²) in [6.07, 6.45) is 0. The summed E-state index contributed by atoms with van der Waals surface area (Å²) in [5.74, 6) is 0.741. The molecule has 0 unspecified atom stereocenters. The predicted molar refractivity (Wildman–Crippen MR) is 91.5 cm³/mol. The van der Waals surface area contributed by atoms with Crippen LogP contribution in [0.5, 0.6) is 11.5 Å².